The summed E-state index contributed by atoms with van der Waals surface area (Å²) >= 11 is 0. The molecule has 2 heterocycles. The highest BCUT2D eigenvalue weighted by Crippen LogP contribution is 2.12. The van der Waals surface area contributed by atoms with Crippen LogP contribution in [0.1, 0.15) is 13.8 Å². The monoisotopic (exact) mass is 222 g/mol. The number of tetrazole rings is 1. The second-order valence-corrected chi connectivity index (χ2v) is 4.19. The van der Waals surface area contributed by atoms with E-state index in [0.717, 1.165) is 0 Å². The van der Waals surface area contributed by atoms with Crippen LogP contribution in [0.5, 0.6) is 0 Å². The Kier molecular flexibility index (Phi) is 2.69. The Balaban J connectivity index is 2.20. The van der Waals surface area contributed by atoms with Crippen LogP contribution >= 0.6 is 0 Å². The number of methoxy groups -OCH3 is 1. The van der Waals surface area contributed by atoms with Crippen molar-refractivity contribution in [3.8, 4) is 0 Å². The Morgan fingerprint density at radius 3 is 3.00 bits per heavy atom. The number of nitrogens with zero attached hydrogens (tertiary/aromatic N) is 5. The van der Waals surface area contributed by atoms with Gasteiger partial charge in [-0.3, -0.25) is 0 Å². The molecule has 7 nitrogen and oxygen atoms in total. The fourth-order valence-electron chi connectivity index (χ4n) is 1.46. The number of fused-ring (bicyclic) bond motifs is 1. The maximum Gasteiger partial charge on any atom is 0.200 e. The summed E-state index contributed by atoms with van der Waals surface area (Å²) in [6, 6.07) is 3.64. The molecule has 0 saturated carbocycles. The fraction of sp³-hybridized carbons (Fsp3) is 0.556. The smallest absolute Gasteiger partial charge is 0.200 e. The summed E-state index contributed by atoms with van der Waals surface area (Å²) in [6.45, 7) is 4.65. The average molecular weight is 222 g/mol. The van der Waals surface area contributed by atoms with E-state index in [4.69, 9.17) is 4.74 Å². The molecule has 0 aliphatic carbocycles. The quantitative estimate of drug-likeness (QED) is 0.804. The van der Waals surface area contributed by atoms with Gasteiger partial charge in [0.05, 0.1) is 12.1 Å². The Morgan fingerprint density at radius 1 is 1.44 bits per heavy atom. The molecule has 0 saturated heterocycles. The summed E-state index contributed by atoms with van der Waals surface area (Å²) in [5.41, 5.74) is 0.429. The number of hydrogen-bond donors (Lipinski definition) is 1. The average Bonchev–Trinajstić information content (AvgIpc) is 2.63. The fourth-order valence-corrected chi connectivity index (χ4v) is 1.46. The molecular formula is C9H14N6O. The van der Waals surface area contributed by atoms with Crippen LogP contribution in [0.25, 0.3) is 5.65 Å². The maximum atomic E-state index is 5.11. The van der Waals surface area contributed by atoms with Gasteiger partial charge in [0.15, 0.2) is 5.65 Å². The van der Waals surface area contributed by atoms with Crippen molar-refractivity contribution in [1.82, 2.24) is 25.3 Å². The SMILES string of the molecule is COCC(C)(C)Nc1ccc2nnnn2n1. The molecule has 0 aromatic carbocycles. The first kappa shape index (κ1) is 10.7. The van der Waals surface area contributed by atoms with Gasteiger partial charge in [0.2, 0.25) is 0 Å². The van der Waals surface area contributed by atoms with Gasteiger partial charge in [-0.25, -0.2) is 0 Å². The topological polar surface area (TPSA) is 77.2 Å². The number of hydrogen-bond acceptors (Lipinski definition) is 6. The second kappa shape index (κ2) is 4.01. The number of nitrogens with one attached hydrogen (secondary N) is 1. The van der Waals surface area contributed by atoms with Crippen molar-refractivity contribution in [2.75, 3.05) is 19.0 Å². The molecular weight excluding hydrogens is 208 g/mol. The van der Waals surface area contributed by atoms with Crippen LogP contribution in [0.2, 0.25) is 0 Å². The number of rotatable bonds is 4. The standard InChI is InChI=1S/C9H14N6O/c1-9(2,6-16-3)10-7-4-5-8-11-13-14-15(8)12-7/h4-5H,6H2,1-3H3,(H,10,12). The van der Waals surface area contributed by atoms with E-state index in [1.165, 1.54) is 4.63 Å². The minimum atomic E-state index is -0.191. The normalized spacial score (nSPS) is 11.9. The summed E-state index contributed by atoms with van der Waals surface area (Å²) in [4.78, 5) is 0. The minimum absolute atomic E-state index is 0.191. The van der Waals surface area contributed by atoms with E-state index >= 15 is 0 Å². The zero-order chi connectivity index (χ0) is 11.6. The van der Waals surface area contributed by atoms with E-state index in [9.17, 15) is 0 Å². The zero-order valence-electron chi connectivity index (χ0n) is 9.51. The molecule has 7 heteroatoms. The van der Waals surface area contributed by atoms with Crippen LogP contribution < -0.4 is 5.32 Å². The first-order valence-electron chi connectivity index (χ1n) is 4.93. The molecule has 0 aliphatic heterocycles. The molecule has 0 aliphatic rings. The van der Waals surface area contributed by atoms with Crippen LogP contribution in [0.3, 0.4) is 0 Å². The van der Waals surface area contributed by atoms with E-state index in [2.05, 4.69) is 25.9 Å². The Hall–Kier alpha value is -1.76. The molecule has 0 atom stereocenters. The molecule has 2 aromatic rings. The number of aromatic nitrogens is 5. The van der Waals surface area contributed by atoms with E-state index in [-0.39, 0.29) is 5.54 Å². The highest BCUT2D eigenvalue weighted by Gasteiger charge is 2.17. The van der Waals surface area contributed by atoms with E-state index in [1.807, 2.05) is 19.9 Å². The lowest BCUT2D eigenvalue weighted by Crippen LogP contribution is -2.36. The van der Waals surface area contributed by atoms with Crippen LogP contribution in [-0.4, -0.2) is 44.5 Å². The Morgan fingerprint density at radius 2 is 2.25 bits per heavy atom. The lowest BCUT2D eigenvalue weighted by molar-refractivity contribution is 0.158. The van der Waals surface area contributed by atoms with E-state index < -0.39 is 0 Å². The minimum Gasteiger partial charge on any atom is -0.382 e. The third-order valence-electron chi connectivity index (χ3n) is 2.04. The van der Waals surface area contributed by atoms with Crippen molar-refractivity contribution in [2.24, 2.45) is 0 Å². The van der Waals surface area contributed by atoms with Crippen molar-refractivity contribution in [1.29, 1.82) is 0 Å². The first-order valence-corrected chi connectivity index (χ1v) is 4.93. The number of ether oxygens (including phenoxy) is 1. The third-order valence-corrected chi connectivity index (χ3v) is 2.04. The Labute approximate surface area is 92.8 Å². The lowest BCUT2D eigenvalue weighted by Gasteiger charge is -2.25. The van der Waals surface area contributed by atoms with Gasteiger partial charge in [0.25, 0.3) is 0 Å². The van der Waals surface area contributed by atoms with Gasteiger partial charge in [-0.2, -0.15) is 0 Å². The summed E-state index contributed by atoms with van der Waals surface area (Å²) in [5, 5.41) is 18.5. The molecule has 16 heavy (non-hydrogen) atoms. The van der Waals surface area contributed by atoms with Crippen LogP contribution in [0.15, 0.2) is 12.1 Å². The summed E-state index contributed by atoms with van der Waals surface area (Å²) in [7, 11) is 1.67. The molecule has 2 aromatic heterocycles. The first-order chi connectivity index (χ1) is 7.61. The van der Waals surface area contributed by atoms with Crippen LogP contribution in [-0.2, 0) is 4.74 Å². The molecule has 2 rings (SSSR count). The van der Waals surface area contributed by atoms with Gasteiger partial charge < -0.3 is 10.1 Å². The number of anilines is 1. The predicted octanol–water partition coefficient (Wildman–Crippen LogP) is 0.356. The molecule has 0 spiro atoms. The molecule has 0 bridgehead atoms. The van der Waals surface area contributed by atoms with Crippen LogP contribution in [0.4, 0.5) is 5.82 Å². The molecule has 0 unspecified atom stereocenters. The lowest BCUT2D eigenvalue weighted by atomic mass is 10.1. The van der Waals surface area contributed by atoms with Crippen molar-refractivity contribution >= 4 is 11.5 Å². The van der Waals surface area contributed by atoms with Gasteiger partial charge in [-0.05, 0) is 36.4 Å². The molecule has 0 radical (unpaired) electrons. The van der Waals surface area contributed by atoms with Crippen molar-refractivity contribution < 1.29 is 4.74 Å². The van der Waals surface area contributed by atoms with Crippen molar-refractivity contribution in [3.63, 3.8) is 0 Å². The molecule has 86 valence electrons. The summed E-state index contributed by atoms with van der Waals surface area (Å²) in [6.07, 6.45) is 0. The third kappa shape index (κ3) is 2.25. The predicted molar refractivity (Wildman–Crippen MR) is 58.2 cm³/mol. The van der Waals surface area contributed by atoms with Gasteiger partial charge in [0, 0.05) is 7.11 Å². The van der Waals surface area contributed by atoms with Gasteiger partial charge in [0.1, 0.15) is 5.82 Å². The van der Waals surface area contributed by atoms with Gasteiger partial charge in [-0.1, -0.05) is 0 Å². The molecule has 0 amide bonds. The summed E-state index contributed by atoms with van der Waals surface area (Å²) in [5.74, 6) is 0.710. The highest BCUT2D eigenvalue weighted by atomic mass is 16.5. The molecule has 0 fully saturated rings. The highest BCUT2D eigenvalue weighted by molar-refractivity contribution is 5.43. The van der Waals surface area contributed by atoms with Gasteiger partial charge in [-0.15, -0.1) is 14.8 Å². The van der Waals surface area contributed by atoms with Crippen LogP contribution in [0, 0.1) is 0 Å². The van der Waals surface area contributed by atoms with Gasteiger partial charge >= 0.3 is 0 Å². The summed E-state index contributed by atoms with van der Waals surface area (Å²) < 4.78 is 6.49. The van der Waals surface area contributed by atoms with E-state index in [0.29, 0.717) is 18.1 Å². The van der Waals surface area contributed by atoms with E-state index in [1.54, 1.807) is 13.2 Å². The van der Waals surface area contributed by atoms with Crippen molar-refractivity contribution in [2.45, 2.75) is 19.4 Å². The molecule has 1 N–H and O–H groups in total. The largest absolute Gasteiger partial charge is 0.382 e. The second-order valence-electron chi connectivity index (χ2n) is 4.19. The van der Waals surface area contributed by atoms with Crippen molar-refractivity contribution in [3.05, 3.63) is 12.1 Å². The Bertz CT molecular complexity index is 480. The zero-order valence-corrected chi connectivity index (χ0v) is 9.51. The maximum absolute atomic E-state index is 5.11.